The van der Waals surface area contributed by atoms with E-state index in [-0.39, 0.29) is 12.2 Å². The minimum absolute atomic E-state index is 0.231. The fraction of sp³-hybridized carbons (Fsp3) is 0.167. The number of carbonyl (C=O) groups excluding carboxylic acids is 1. The standard InChI is InChI=1S/C18H18O3/c1-2-21-18(20)16(13-14-9-5-3-6-10-14)17(19)15-11-7-4-8-12-15/h3-13,17,19H,2H2,1H3/b16-13-. The second-order valence-corrected chi connectivity index (χ2v) is 4.54. The summed E-state index contributed by atoms with van der Waals surface area (Å²) in [4.78, 5) is 12.1. The van der Waals surface area contributed by atoms with E-state index in [4.69, 9.17) is 4.74 Å². The molecule has 3 heteroatoms. The average Bonchev–Trinajstić information content (AvgIpc) is 2.54. The molecule has 21 heavy (non-hydrogen) atoms. The van der Waals surface area contributed by atoms with Crippen molar-refractivity contribution in [3.8, 4) is 0 Å². The fourth-order valence-corrected chi connectivity index (χ4v) is 2.01. The van der Waals surface area contributed by atoms with E-state index in [0.29, 0.717) is 5.56 Å². The maximum absolute atomic E-state index is 12.1. The third kappa shape index (κ3) is 4.04. The molecule has 0 aliphatic rings. The normalized spacial score (nSPS) is 12.8. The van der Waals surface area contributed by atoms with Gasteiger partial charge in [-0.1, -0.05) is 60.7 Å². The molecule has 0 aliphatic heterocycles. The van der Waals surface area contributed by atoms with Crippen LogP contribution in [0.4, 0.5) is 0 Å². The van der Waals surface area contributed by atoms with Gasteiger partial charge in [0.25, 0.3) is 0 Å². The molecule has 0 aromatic heterocycles. The summed E-state index contributed by atoms with van der Waals surface area (Å²) in [7, 11) is 0. The predicted molar refractivity (Wildman–Crippen MR) is 82.5 cm³/mol. The van der Waals surface area contributed by atoms with Crippen molar-refractivity contribution in [2.24, 2.45) is 0 Å². The van der Waals surface area contributed by atoms with Gasteiger partial charge in [-0.2, -0.15) is 0 Å². The quantitative estimate of drug-likeness (QED) is 0.675. The predicted octanol–water partition coefficient (Wildman–Crippen LogP) is 3.37. The van der Waals surface area contributed by atoms with Gasteiger partial charge in [0, 0.05) is 0 Å². The third-order valence-electron chi connectivity index (χ3n) is 3.04. The second-order valence-electron chi connectivity index (χ2n) is 4.54. The number of hydrogen-bond acceptors (Lipinski definition) is 3. The Hall–Kier alpha value is -2.39. The van der Waals surface area contributed by atoms with E-state index in [0.717, 1.165) is 5.56 Å². The summed E-state index contributed by atoms with van der Waals surface area (Å²) < 4.78 is 5.05. The van der Waals surface area contributed by atoms with Gasteiger partial charge in [-0.15, -0.1) is 0 Å². The highest BCUT2D eigenvalue weighted by molar-refractivity contribution is 5.95. The van der Waals surface area contributed by atoms with E-state index in [9.17, 15) is 9.90 Å². The van der Waals surface area contributed by atoms with Crippen LogP contribution in [0, 0.1) is 0 Å². The summed E-state index contributed by atoms with van der Waals surface area (Å²) in [5, 5.41) is 10.5. The molecule has 0 amide bonds. The lowest BCUT2D eigenvalue weighted by Crippen LogP contribution is -2.14. The lowest BCUT2D eigenvalue weighted by atomic mass is 9.99. The summed E-state index contributed by atoms with van der Waals surface area (Å²) in [5.41, 5.74) is 1.73. The number of benzene rings is 2. The van der Waals surface area contributed by atoms with Crippen LogP contribution < -0.4 is 0 Å². The Kier molecular flexibility index (Phi) is 5.29. The van der Waals surface area contributed by atoms with Crippen LogP contribution in [0.5, 0.6) is 0 Å². The highest BCUT2D eigenvalue weighted by Crippen LogP contribution is 2.24. The molecule has 2 aromatic carbocycles. The zero-order chi connectivity index (χ0) is 15.1. The fourth-order valence-electron chi connectivity index (χ4n) is 2.01. The Morgan fingerprint density at radius 1 is 1.10 bits per heavy atom. The van der Waals surface area contributed by atoms with Crippen LogP contribution in [-0.2, 0) is 9.53 Å². The van der Waals surface area contributed by atoms with Crippen molar-refractivity contribution in [2.45, 2.75) is 13.0 Å². The molecule has 108 valence electrons. The monoisotopic (exact) mass is 282 g/mol. The molecule has 3 nitrogen and oxygen atoms in total. The number of rotatable bonds is 5. The highest BCUT2D eigenvalue weighted by Gasteiger charge is 2.21. The van der Waals surface area contributed by atoms with Crippen LogP contribution in [0.2, 0.25) is 0 Å². The topological polar surface area (TPSA) is 46.5 Å². The van der Waals surface area contributed by atoms with Gasteiger partial charge in [-0.05, 0) is 24.1 Å². The molecule has 0 saturated heterocycles. The summed E-state index contributed by atoms with van der Waals surface area (Å²) in [6, 6.07) is 18.5. The maximum Gasteiger partial charge on any atom is 0.337 e. The molecule has 2 aromatic rings. The molecule has 0 radical (unpaired) electrons. The van der Waals surface area contributed by atoms with Gasteiger partial charge in [-0.3, -0.25) is 0 Å². The Morgan fingerprint density at radius 2 is 1.67 bits per heavy atom. The first-order valence-corrected chi connectivity index (χ1v) is 6.89. The van der Waals surface area contributed by atoms with Gasteiger partial charge in [0.15, 0.2) is 0 Å². The Balaban J connectivity index is 2.37. The van der Waals surface area contributed by atoms with Crippen molar-refractivity contribution in [2.75, 3.05) is 6.61 Å². The molecule has 0 spiro atoms. The van der Waals surface area contributed by atoms with E-state index in [2.05, 4.69) is 0 Å². The van der Waals surface area contributed by atoms with Gasteiger partial charge < -0.3 is 9.84 Å². The van der Waals surface area contributed by atoms with Gasteiger partial charge in [0.1, 0.15) is 6.10 Å². The molecular weight excluding hydrogens is 264 g/mol. The van der Waals surface area contributed by atoms with Crippen molar-refractivity contribution >= 4 is 12.0 Å². The van der Waals surface area contributed by atoms with Crippen molar-refractivity contribution in [1.29, 1.82) is 0 Å². The molecule has 0 fully saturated rings. The SMILES string of the molecule is CCOC(=O)/C(=C\c1ccccc1)C(O)c1ccccc1. The highest BCUT2D eigenvalue weighted by atomic mass is 16.5. The summed E-state index contributed by atoms with van der Waals surface area (Å²) in [6.07, 6.45) is 0.654. The average molecular weight is 282 g/mol. The van der Waals surface area contributed by atoms with Crippen molar-refractivity contribution < 1.29 is 14.6 Å². The number of hydrogen-bond donors (Lipinski definition) is 1. The number of ether oxygens (including phenoxy) is 1. The molecule has 0 heterocycles. The molecule has 0 saturated carbocycles. The molecule has 2 rings (SSSR count). The van der Waals surface area contributed by atoms with Crippen molar-refractivity contribution in [3.63, 3.8) is 0 Å². The minimum Gasteiger partial charge on any atom is -0.463 e. The zero-order valence-corrected chi connectivity index (χ0v) is 11.9. The summed E-state index contributed by atoms with van der Waals surface area (Å²) in [6.45, 7) is 2.01. The zero-order valence-electron chi connectivity index (χ0n) is 11.9. The first-order chi connectivity index (χ1) is 10.2. The van der Waals surface area contributed by atoms with Crippen LogP contribution in [0.1, 0.15) is 24.2 Å². The summed E-state index contributed by atoms with van der Waals surface area (Å²) >= 11 is 0. The molecular formula is C18H18O3. The Labute approximate surface area is 124 Å². The Morgan fingerprint density at radius 3 is 2.24 bits per heavy atom. The molecule has 0 aliphatic carbocycles. The Bertz CT molecular complexity index is 603. The van der Waals surface area contributed by atoms with E-state index < -0.39 is 12.1 Å². The van der Waals surface area contributed by atoms with Gasteiger partial charge >= 0.3 is 5.97 Å². The first-order valence-electron chi connectivity index (χ1n) is 6.89. The summed E-state index contributed by atoms with van der Waals surface area (Å²) in [5.74, 6) is -0.502. The van der Waals surface area contributed by atoms with E-state index >= 15 is 0 Å². The largest absolute Gasteiger partial charge is 0.463 e. The van der Waals surface area contributed by atoms with Crippen LogP contribution in [0.25, 0.3) is 6.08 Å². The van der Waals surface area contributed by atoms with Gasteiger partial charge in [0.2, 0.25) is 0 Å². The smallest absolute Gasteiger partial charge is 0.337 e. The van der Waals surface area contributed by atoms with E-state index in [1.165, 1.54) is 0 Å². The van der Waals surface area contributed by atoms with Gasteiger partial charge in [-0.25, -0.2) is 4.79 Å². The van der Waals surface area contributed by atoms with Gasteiger partial charge in [0.05, 0.1) is 12.2 Å². The lowest BCUT2D eigenvalue weighted by molar-refractivity contribution is -0.139. The van der Waals surface area contributed by atoms with Crippen molar-refractivity contribution in [3.05, 3.63) is 77.4 Å². The second kappa shape index (κ2) is 7.41. The van der Waals surface area contributed by atoms with Crippen LogP contribution >= 0.6 is 0 Å². The van der Waals surface area contributed by atoms with E-state index in [1.54, 1.807) is 25.1 Å². The lowest BCUT2D eigenvalue weighted by Gasteiger charge is -2.14. The third-order valence-corrected chi connectivity index (χ3v) is 3.04. The number of aliphatic hydroxyl groups excluding tert-OH is 1. The maximum atomic E-state index is 12.1. The number of carbonyl (C=O) groups is 1. The first kappa shape index (κ1) is 15.0. The van der Waals surface area contributed by atoms with Crippen LogP contribution in [0.3, 0.4) is 0 Å². The van der Waals surface area contributed by atoms with E-state index in [1.807, 2.05) is 48.5 Å². The molecule has 1 unspecified atom stereocenters. The molecule has 1 N–H and O–H groups in total. The molecule has 0 bridgehead atoms. The molecule has 1 atom stereocenters. The minimum atomic E-state index is -1.01. The number of aliphatic hydroxyl groups is 1. The van der Waals surface area contributed by atoms with Crippen molar-refractivity contribution in [1.82, 2.24) is 0 Å². The number of esters is 1. The van der Waals surface area contributed by atoms with Crippen LogP contribution in [0.15, 0.2) is 66.2 Å². The van der Waals surface area contributed by atoms with Crippen LogP contribution in [-0.4, -0.2) is 17.7 Å².